The van der Waals surface area contributed by atoms with Crippen LogP contribution in [0.3, 0.4) is 0 Å². The molecule has 27 heavy (non-hydrogen) atoms. The van der Waals surface area contributed by atoms with E-state index < -0.39 is 10.1 Å². The van der Waals surface area contributed by atoms with Gasteiger partial charge in [-0.3, -0.25) is 4.55 Å². The van der Waals surface area contributed by atoms with Gasteiger partial charge in [0, 0.05) is 4.90 Å². The average molecular weight is 407 g/mol. The van der Waals surface area contributed by atoms with Crippen LogP contribution >= 0.6 is 12.6 Å². The maximum Gasteiger partial charge on any atom is 0.295 e. The van der Waals surface area contributed by atoms with E-state index in [0.29, 0.717) is 12.3 Å². The molecule has 0 fully saturated rings. The normalized spacial score (nSPS) is 11.9. The summed E-state index contributed by atoms with van der Waals surface area (Å²) in [5, 5.41) is 0. The number of hydrogen-bond donors (Lipinski definition) is 2. The van der Waals surface area contributed by atoms with Gasteiger partial charge in [-0.1, -0.05) is 69.9 Å². The van der Waals surface area contributed by atoms with E-state index in [4.69, 9.17) is 0 Å². The molecular weight excluding hydrogens is 376 g/mol. The average Bonchev–Trinajstić information content (AvgIpc) is 2.62. The molecule has 0 amide bonds. The number of unbranched alkanes of at least 4 members (excludes halogenated alkanes) is 2. The second-order valence-corrected chi connectivity index (χ2v) is 9.05. The maximum atomic E-state index is 11.3. The highest BCUT2D eigenvalue weighted by atomic mass is 32.2. The van der Waals surface area contributed by atoms with Gasteiger partial charge in [-0.15, -0.1) is 12.6 Å². The van der Waals surface area contributed by atoms with Crippen LogP contribution < -0.4 is 0 Å². The van der Waals surface area contributed by atoms with Gasteiger partial charge >= 0.3 is 0 Å². The molecule has 0 saturated heterocycles. The van der Waals surface area contributed by atoms with Crippen LogP contribution in [0.1, 0.15) is 75.0 Å². The zero-order valence-electron chi connectivity index (χ0n) is 16.2. The van der Waals surface area contributed by atoms with Crippen molar-refractivity contribution in [3.05, 3.63) is 59.2 Å². The SMILES string of the molecule is CCCCC(CCCC)c1ccc(Cc2ccc(S(=O)(=O)O)c(S)c2)cc1. The predicted octanol–water partition coefficient (Wildman–Crippen LogP) is 6.28. The molecule has 0 aliphatic rings. The standard InChI is InChI=1S/C22H30O3S2/c1-3-5-7-19(8-6-4-2)20-12-9-17(10-13-20)15-18-11-14-22(21(26)16-18)27(23,24)25/h9-14,16,19,26H,3-8,15H2,1-2H3,(H,23,24,25). The molecule has 2 aromatic carbocycles. The van der Waals surface area contributed by atoms with Crippen LogP contribution in [-0.2, 0) is 16.5 Å². The minimum absolute atomic E-state index is 0.153. The van der Waals surface area contributed by atoms with Crippen molar-refractivity contribution in [1.29, 1.82) is 0 Å². The zero-order valence-corrected chi connectivity index (χ0v) is 17.9. The second-order valence-electron chi connectivity index (χ2n) is 7.18. The van der Waals surface area contributed by atoms with Gasteiger partial charge in [-0.25, -0.2) is 0 Å². The van der Waals surface area contributed by atoms with Gasteiger partial charge in [-0.05, 0) is 54.0 Å². The Morgan fingerprint density at radius 2 is 1.48 bits per heavy atom. The fourth-order valence-electron chi connectivity index (χ4n) is 3.41. The van der Waals surface area contributed by atoms with Gasteiger partial charge in [0.05, 0.1) is 0 Å². The molecule has 0 radical (unpaired) electrons. The highest BCUT2D eigenvalue weighted by Crippen LogP contribution is 2.28. The molecule has 0 aromatic heterocycles. The molecule has 0 bridgehead atoms. The highest BCUT2D eigenvalue weighted by Gasteiger charge is 2.14. The van der Waals surface area contributed by atoms with E-state index in [2.05, 4.69) is 50.7 Å². The number of benzene rings is 2. The first kappa shape index (κ1) is 22.0. The van der Waals surface area contributed by atoms with Crippen LogP contribution in [0.2, 0.25) is 0 Å². The molecule has 2 rings (SSSR count). The Bertz CT molecular complexity index is 819. The Hall–Kier alpha value is -1.30. The molecule has 0 spiro atoms. The molecule has 0 unspecified atom stereocenters. The van der Waals surface area contributed by atoms with Crippen molar-refractivity contribution >= 4 is 22.7 Å². The molecule has 0 saturated carbocycles. The minimum Gasteiger partial charge on any atom is -0.282 e. The lowest BCUT2D eigenvalue weighted by atomic mass is 9.88. The molecule has 1 N–H and O–H groups in total. The zero-order chi connectivity index (χ0) is 19.9. The molecule has 0 aliphatic heterocycles. The Kier molecular flexibility index (Phi) is 8.39. The van der Waals surface area contributed by atoms with Crippen molar-refractivity contribution in [2.75, 3.05) is 0 Å². The fourth-order valence-corrected chi connectivity index (χ4v) is 4.56. The van der Waals surface area contributed by atoms with E-state index in [9.17, 15) is 13.0 Å². The van der Waals surface area contributed by atoms with Gasteiger partial charge in [0.25, 0.3) is 10.1 Å². The van der Waals surface area contributed by atoms with E-state index in [1.807, 2.05) is 0 Å². The molecule has 0 heterocycles. The molecule has 5 heteroatoms. The molecular formula is C22H30O3S2. The topological polar surface area (TPSA) is 54.4 Å². The van der Waals surface area contributed by atoms with Gasteiger partial charge < -0.3 is 0 Å². The quantitative estimate of drug-likeness (QED) is 0.361. The maximum absolute atomic E-state index is 11.3. The molecule has 0 aliphatic carbocycles. The minimum atomic E-state index is -4.23. The van der Waals surface area contributed by atoms with E-state index in [-0.39, 0.29) is 9.79 Å². The lowest BCUT2D eigenvalue weighted by Crippen LogP contribution is -2.01. The molecule has 3 nitrogen and oxygen atoms in total. The smallest absolute Gasteiger partial charge is 0.282 e. The van der Waals surface area contributed by atoms with Crippen LogP contribution in [-0.4, -0.2) is 13.0 Å². The van der Waals surface area contributed by atoms with Crippen LogP contribution in [0, 0.1) is 0 Å². The number of hydrogen-bond acceptors (Lipinski definition) is 3. The monoisotopic (exact) mass is 406 g/mol. The summed E-state index contributed by atoms with van der Waals surface area (Å²) >= 11 is 4.20. The van der Waals surface area contributed by atoms with E-state index in [1.54, 1.807) is 12.1 Å². The number of rotatable bonds is 10. The lowest BCUT2D eigenvalue weighted by Gasteiger charge is -2.17. The Labute approximate surface area is 169 Å². The summed E-state index contributed by atoms with van der Waals surface area (Å²) in [4.78, 5) is 0.116. The molecule has 0 atom stereocenters. The highest BCUT2D eigenvalue weighted by molar-refractivity contribution is 7.87. The van der Waals surface area contributed by atoms with Crippen LogP contribution in [0.15, 0.2) is 52.3 Å². The van der Waals surface area contributed by atoms with E-state index in [1.165, 1.54) is 55.7 Å². The summed E-state index contributed by atoms with van der Waals surface area (Å²) in [6.07, 6.45) is 8.18. The van der Waals surface area contributed by atoms with Gasteiger partial charge in [-0.2, -0.15) is 8.42 Å². The van der Waals surface area contributed by atoms with Gasteiger partial charge in [0.15, 0.2) is 0 Å². The van der Waals surface area contributed by atoms with Crippen LogP contribution in [0.5, 0.6) is 0 Å². The lowest BCUT2D eigenvalue weighted by molar-refractivity contribution is 0.481. The first-order chi connectivity index (χ1) is 12.8. The third-order valence-electron chi connectivity index (χ3n) is 4.97. The Morgan fingerprint density at radius 1 is 0.926 bits per heavy atom. The third-order valence-corrected chi connectivity index (χ3v) is 6.41. The van der Waals surface area contributed by atoms with Crippen LogP contribution in [0.25, 0.3) is 0 Å². The van der Waals surface area contributed by atoms with Crippen LogP contribution in [0.4, 0.5) is 0 Å². The third kappa shape index (κ3) is 6.66. The van der Waals surface area contributed by atoms with Crippen molar-refractivity contribution in [2.45, 2.75) is 74.5 Å². The van der Waals surface area contributed by atoms with Crippen molar-refractivity contribution < 1.29 is 13.0 Å². The van der Waals surface area contributed by atoms with E-state index in [0.717, 1.165) is 5.56 Å². The van der Waals surface area contributed by atoms with Crippen molar-refractivity contribution in [3.8, 4) is 0 Å². The fraction of sp³-hybridized carbons (Fsp3) is 0.455. The van der Waals surface area contributed by atoms with Crippen molar-refractivity contribution in [3.63, 3.8) is 0 Å². The van der Waals surface area contributed by atoms with Gasteiger partial charge in [0.1, 0.15) is 4.90 Å². The summed E-state index contributed by atoms with van der Waals surface area (Å²) in [6, 6.07) is 13.6. The van der Waals surface area contributed by atoms with E-state index >= 15 is 0 Å². The second kappa shape index (κ2) is 10.3. The number of thiol groups is 1. The van der Waals surface area contributed by atoms with Gasteiger partial charge in [0.2, 0.25) is 0 Å². The molecule has 148 valence electrons. The summed E-state index contributed by atoms with van der Waals surface area (Å²) in [6.45, 7) is 4.48. The summed E-state index contributed by atoms with van der Waals surface area (Å²) in [5.74, 6) is 0.636. The largest absolute Gasteiger partial charge is 0.295 e. The Morgan fingerprint density at radius 3 is 1.96 bits per heavy atom. The molecule has 2 aromatic rings. The van der Waals surface area contributed by atoms with Crippen molar-refractivity contribution in [2.24, 2.45) is 0 Å². The van der Waals surface area contributed by atoms with Crippen molar-refractivity contribution in [1.82, 2.24) is 0 Å². The summed E-state index contributed by atoms with van der Waals surface area (Å²) in [5.41, 5.74) is 3.56. The predicted molar refractivity (Wildman–Crippen MR) is 115 cm³/mol. The first-order valence-corrected chi connectivity index (χ1v) is 11.6. The summed E-state index contributed by atoms with van der Waals surface area (Å²) < 4.78 is 31.7. The Balaban J connectivity index is 2.11. The first-order valence-electron chi connectivity index (χ1n) is 9.73. The summed E-state index contributed by atoms with van der Waals surface area (Å²) in [7, 11) is -4.23.